The smallest absolute Gasteiger partial charge is 0.387 e. The summed E-state index contributed by atoms with van der Waals surface area (Å²) in [5.74, 6) is 0.189. The normalized spacial score (nSPS) is 20.3. The van der Waals surface area contributed by atoms with Crippen LogP contribution in [0.4, 0.5) is 8.78 Å². The highest BCUT2D eigenvalue weighted by molar-refractivity contribution is 5.27. The molecule has 3 nitrogen and oxygen atoms in total. The maximum atomic E-state index is 12.1. The molecule has 1 atom stereocenters. The highest BCUT2D eigenvalue weighted by Crippen LogP contribution is 2.23. The number of benzene rings is 1. The number of aliphatic hydroxyl groups is 1. The third-order valence-electron chi connectivity index (χ3n) is 3.75. The van der Waals surface area contributed by atoms with Gasteiger partial charge in [-0.2, -0.15) is 8.78 Å². The standard InChI is InChI=1S/C15H21F2NO2/c16-15(17)20-14-6-4-12(5-7-14)11-18-9-2-1-3-13(18)8-10-19/h4-7,13,15,19H,1-3,8-11H2. The van der Waals surface area contributed by atoms with Crippen LogP contribution in [0.5, 0.6) is 5.75 Å². The van der Waals surface area contributed by atoms with Gasteiger partial charge in [-0.25, -0.2) is 0 Å². The fourth-order valence-corrected chi connectivity index (χ4v) is 2.75. The van der Waals surface area contributed by atoms with Crippen molar-refractivity contribution in [2.45, 2.75) is 44.9 Å². The van der Waals surface area contributed by atoms with Crippen LogP contribution in [0.3, 0.4) is 0 Å². The number of likely N-dealkylation sites (tertiary alicyclic amines) is 1. The minimum Gasteiger partial charge on any atom is -0.435 e. The zero-order chi connectivity index (χ0) is 14.4. The summed E-state index contributed by atoms with van der Waals surface area (Å²) in [6.45, 7) is -0.751. The number of ether oxygens (including phenoxy) is 1. The first-order chi connectivity index (χ1) is 9.69. The van der Waals surface area contributed by atoms with Gasteiger partial charge < -0.3 is 9.84 Å². The third kappa shape index (κ3) is 4.42. The minimum absolute atomic E-state index is 0.189. The van der Waals surface area contributed by atoms with E-state index in [0.29, 0.717) is 6.04 Å². The van der Waals surface area contributed by atoms with Gasteiger partial charge in [0.25, 0.3) is 0 Å². The van der Waals surface area contributed by atoms with E-state index in [1.807, 2.05) is 12.1 Å². The Balaban J connectivity index is 1.94. The van der Waals surface area contributed by atoms with Gasteiger partial charge in [-0.1, -0.05) is 18.6 Å². The Morgan fingerprint density at radius 1 is 1.25 bits per heavy atom. The summed E-state index contributed by atoms with van der Waals surface area (Å²) in [5.41, 5.74) is 1.08. The predicted molar refractivity (Wildman–Crippen MR) is 72.8 cm³/mol. The van der Waals surface area contributed by atoms with Crippen molar-refractivity contribution in [3.63, 3.8) is 0 Å². The highest BCUT2D eigenvalue weighted by Gasteiger charge is 2.21. The molecule has 1 aliphatic rings. The second-order valence-electron chi connectivity index (χ2n) is 5.15. The van der Waals surface area contributed by atoms with Crippen molar-refractivity contribution in [1.82, 2.24) is 4.90 Å². The monoisotopic (exact) mass is 285 g/mol. The van der Waals surface area contributed by atoms with Crippen molar-refractivity contribution in [2.24, 2.45) is 0 Å². The summed E-state index contributed by atoms with van der Waals surface area (Å²) in [7, 11) is 0. The van der Waals surface area contributed by atoms with E-state index in [4.69, 9.17) is 5.11 Å². The molecule has 1 aromatic carbocycles. The lowest BCUT2D eigenvalue weighted by atomic mass is 9.99. The lowest BCUT2D eigenvalue weighted by Gasteiger charge is -2.35. The fourth-order valence-electron chi connectivity index (χ4n) is 2.75. The fraction of sp³-hybridized carbons (Fsp3) is 0.600. The summed E-state index contributed by atoms with van der Waals surface area (Å²) < 4.78 is 28.5. The first kappa shape index (κ1) is 15.2. The number of nitrogens with zero attached hydrogens (tertiary/aromatic N) is 1. The van der Waals surface area contributed by atoms with Crippen LogP contribution in [-0.2, 0) is 6.54 Å². The summed E-state index contributed by atoms with van der Waals surface area (Å²) in [6.07, 6.45) is 4.30. The van der Waals surface area contributed by atoms with Crippen LogP contribution in [-0.4, -0.2) is 35.8 Å². The zero-order valence-corrected chi connectivity index (χ0v) is 11.5. The average molecular weight is 285 g/mol. The number of alkyl halides is 2. The minimum atomic E-state index is -2.78. The maximum absolute atomic E-state index is 12.1. The van der Waals surface area contributed by atoms with Crippen LogP contribution < -0.4 is 4.74 Å². The van der Waals surface area contributed by atoms with Crippen LogP contribution in [0.25, 0.3) is 0 Å². The lowest BCUT2D eigenvalue weighted by molar-refractivity contribution is -0.0498. The van der Waals surface area contributed by atoms with Gasteiger partial charge in [-0.05, 0) is 43.5 Å². The Kier molecular flexibility index (Phi) is 5.73. The predicted octanol–water partition coefficient (Wildman–Crippen LogP) is 3.02. The molecule has 2 rings (SSSR count). The number of hydrogen-bond acceptors (Lipinski definition) is 3. The Labute approximate surface area is 118 Å². The second kappa shape index (κ2) is 7.55. The molecule has 1 N–H and O–H groups in total. The zero-order valence-electron chi connectivity index (χ0n) is 11.5. The molecule has 0 saturated carbocycles. The molecule has 1 heterocycles. The molecule has 20 heavy (non-hydrogen) atoms. The first-order valence-corrected chi connectivity index (χ1v) is 7.07. The van der Waals surface area contributed by atoms with Gasteiger partial charge in [-0.15, -0.1) is 0 Å². The van der Waals surface area contributed by atoms with E-state index in [-0.39, 0.29) is 12.4 Å². The molecule has 0 radical (unpaired) electrons. The van der Waals surface area contributed by atoms with E-state index in [0.717, 1.165) is 31.5 Å². The van der Waals surface area contributed by atoms with Crippen molar-refractivity contribution in [3.05, 3.63) is 29.8 Å². The topological polar surface area (TPSA) is 32.7 Å². The van der Waals surface area contributed by atoms with Gasteiger partial charge in [0.2, 0.25) is 0 Å². The van der Waals surface area contributed by atoms with Crippen molar-refractivity contribution in [2.75, 3.05) is 13.2 Å². The molecule has 112 valence electrons. The molecule has 1 unspecified atom stereocenters. The van der Waals surface area contributed by atoms with Crippen molar-refractivity contribution < 1.29 is 18.6 Å². The van der Waals surface area contributed by atoms with Gasteiger partial charge >= 0.3 is 6.61 Å². The van der Waals surface area contributed by atoms with E-state index in [9.17, 15) is 8.78 Å². The molecular formula is C15H21F2NO2. The summed E-state index contributed by atoms with van der Waals surface area (Å²) in [6, 6.07) is 7.22. The van der Waals surface area contributed by atoms with Crippen LogP contribution in [0.2, 0.25) is 0 Å². The highest BCUT2D eigenvalue weighted by atomic mass is 19.3. The molecule has 0 amide bonds. The molecule has 0 aromatic heterocycles. The number of rotatable bonds is 6. The van der Waals surface area contributed by atoms with Crippen LogP contribution >= 0.6 is 0 Å². The molecule has 1 aliphatic heterocycles. The van der Waals surface area contributed by atoms with Gasteiger partial charge in [0.15, 0.2) is 0 Å². The molecule has 0 spiro atoms. The molecule has 1 aromatic rings. The maximum Gasteiger partial charge on any atom is 0.387 e. The van der Waals surface area contributed by atoms with Gasteiger partial charge in [0.1, 0.15) is 5.75 Å². The van der Waals surface area contributed by atoms with Crippen LogP contribution in [0.1, 0.15) is 31.2 Å². The number of hydrogen-bond donors (Lipinski definition) is 1. The van der Waals surface area contributed by atoms with Gasteiger partial charge in [-0.3, -0.25) is 4.90 Å². The SMILES string of the molecule is OCCC1CCCCN1Cc1ccc(OC(F)F)cc1. The first-order valence-electron chi connectivity index (χ1n) is 7.07. The van der Waals surface area contributed by atoms with Crippen LogP contribution in [0, 0.1) is 0 Å². The van der Waals surface area contributed by atoms with E-state index in [1.165, 1.54) is 12.8 Å². The Bertz CT molecular complexity index is 395. The van der Waals surface area contributed by atoms with Gasteiger partial charge in [0, 0.05) is 19.2 Å². The molecule has 1 fully saturated rings. The Morgan fingerprint density at radius 3 is 2.65 bits per heavy atom. The quantitative estimate of drug-likeness (QED) is 0.872. The third-order valence-corrected chi connectivity index (χ3v) is 3.75. The van der Waals surface area contributed by atoms with Gasteiger partial charge in [0.05, 0.1) is 0 Å². The molecule has 0 aliphatic carbocycles. The van der Waals surface area contributed by atoms with Crippen molar-refractivity contribution in [1.29, 1.82) is 0 Å². The average Bonchev–Trinajstić information content (AvgIpc) is 2.43. The van der Waals surface area contributed by atoms with E-state index >= 15 is 0 Å². The summed E-state index contributed by atoms with van der Waals surface area (Å²) in [5, 5.41) is 9.11. The molecule has 1 saturated heterocycles. The van der Waals surface area contributed by atoms with E-state index in [1.54, 1.807) is 12.1 Å². The Hall–Kier alpha value is -1.20. The second-order valence-corrected chi connectivity index (χ2v) is 5.15. The number of piperidine rings is 1. The lowest BCUT2D eigenvalue weighted by Crippen LogP contribution is -2.39. The van der Waals surface area contributed by atoms with E-state index < -0.39 is 6.61 Å². The van der Waals surface area contributed by atoms with Crippen LogP contribution in [0.15, 0.2) is 24.3 Å². The van der Waals surface area contributed by atoms with Crippen molar-refractivity contribution >= 4 is 0 Å². The van der Waals surface area contributed by atoms with Crippen molar-refractivity contribution in [3.8, 4) is 5.75 Å². The molecule has 0 bridgehead atoms. The van der Waals surface area contributed by atoms with E-state index in [2.05, 4.69) is 9.64 Å². The number of halogens is 2. The summed E-state index contributed by atoms with van der Waals surface area (Å²) in [4.78, 5) is 2.36. The number of aliphatic hydroxyl groups excluding tert-OH is 1. The Morgan fingerprint density at radius 2 is 2.00 bits per heavy atom. The summed E-state index contributed by atoms with van der Waals surface area (Å²) >= 11 is 0. The molecular weight excluding hydrogens is 264 g/mol. The largest absolute Gasteiger partial charge is 0.435 e. The molecule has 5 heteroatoms.